The van der Waals surface area contributed by atoms with Crippen LogP contribution in [0.5, 0.6) is 0 Å². The van der Waals surface area contributed by atoms with Gasteiger partial charge in [-0.15, -0.1) is 0 Å². The molecular weight excluding hydrogens is 308 g/mol. The van der Waals surface area contributed by atoms with Gasteiger partial charge in [-0.25, -0.2) is 0 Å². The van der Waals surface area contributed by atoms with E-state index in [9.17, 15) is 10.1 Å². The largest absolute Gasteiger partial charge is 0.296 e. The summed E-state index contributed by atoms with van der Waals surface area (Å²) < 4.78 is 0.529. The third kappa shape index (κ3) is 4.91. The molecule has 0 unspecified atom stereocenters. The van der Waals surface area contributed by atoms with Gasteiger partial charge in [0, 0.05) is 25.2 Å². The van der Waals surface area contributed by atoms with Gasteiger partial charge < -0.3 is 0 Å². The lowest BCUT2D eigenvalue weighted by Crippen LogP contribution is -2.33. The molecule has 0 atom stereocenters. The number of hydrogen-bond donors (Lipinski definition) is 0. The van der Waals surface area contributed by atoms with Gasteiger partial charge in [-0.3, -0.25) is 15.0 Å². The van der Waals surface area contributed by atoms with E-state index in [1.807, 2.05) is 6.07 Å². The lowest BCUT2D eigenvalue weighted by molar-refractivity contribution is -0.385. The standard InChI is InChI=1S/C14H21BrN2O2/c1-10(2)8-16(11(3)4)9-12-5-6-13(15)14(7-12)17(18)19/h5-7,10-11H,8-9H2,1-4H3. The second-order valence-corrected chi connectivity index (χ2v) is 6.31. The summed E-state index contributed by atoms with van der Waals surface area (Å²) in [5.41, 5.74) is 1.11. The Morgan fingerprint density at radius 3 is 2.42 bits per heavy atom. The van der Waals surface area contributed by atoms with Crippen molar-refractivity contribution in [3.05, 3.63) is 38.3 Å². The summed E-state index contributed by atoms with van der Waals surface area (Å²) in [6.45, 7) is 10.4. The van der Waals surface area contributed by atoms with E-state index in [1.165, 1.54) is 0 Å². The Labute approximate surface area is 123 Å². The number of benzene rings is 1. The highest BCUT2D eigenvalue weighted by Gasteiger charge is 2.16. The van der Waals surface area contributed by atoms with E-state index in [1.54, 1.807) is 12.1 Å². The van der Waals surface area contributed by atoms with Gasteiger partial charge in [-0.05, 0) is 47.3 Å². The Morgan fingerprint density at radius 1 is 1.32 bits per heavy atom. The average Bonchev–Trinajstić information content (AvgIpc) is 2.29. The van der Waals surface area contributed by atoms with Gasteiger partial charge in [0.05, 0.1) is 9.40 Å². The van der Waals surface area contributed by atoms with E-state index in [0.29, 0.717) is 16.4 Å². The van der Waals surface area contributed by atoms with Crippen LogP contribution in [0.3, 0.4) is 0 Å². The number of nitrogens with zero attached hydrogens (tertiary/aromatic N) is 2. The first kappa shape index (κ1) is 16.1. The van der Waals surface area contributed by atoms with Crippen molar-refractivity contribution in [2.45, 2.75) is 40.3 Å². The smallest absolute Gasteiger partial charge is 0.283 e. The van der Waals surface area contributed by atoms with Crippen molar-refractivity contribution in [3.63, 3.8) is 0 Å². The summed E-state index contributed by atoms with van der Waals surface area (Å²) in [5, 5.41) is 10.9. The van der Waals surface area contributed by atoms with Crippen molar-refractivity contribution in [3.8, 4) is 0 Å². The molecular formula is C14H21BrN2O2. The molecule has 0 saturated heterocycles. The second-order valence-electron chi connectivity index (χ2n) is 5.46. The van der Waals surface area contributed by atoms with Crippen LogP contribution in [-0.4, -0.2) is 22.4 Å². The van der Waals surface area contributed by atoms with Crippen LogP contribution in [0.1, 0.15) is 33.3 Å². The number of rotatable bonds is 6. The lowest BCUT2D eigenvalue weighted by Gasteiger charge is -2.28. The summed E-state index contributed by atoms with van der Waals surface area (Å²) in [6.07, 6.45) is 0. The summed E-state index contributed by atoms with van der Waals surface area (Å²) in [6, 6.07) is 5.76. The molecule has 0 bridgehead atoms. The SMILES string of the molecule is CC(C)CN(Cc1ccc(Br)c([N+](=O)[O-])c1)C(C)C. The Bertz CT molecular complexity index is 447. The number of halogens is 1. The maximum absolute atomic E-state index is 10.9. The van der Waals surface area contributed by atoms with E-state index in [4.69, 9.17) is 0 Å². The molecule has 0 radical (unpaired) electrons. The molecule has 0 aliphatic rings. The molecule has 0 heterocycles. The van der Waals surface area contributed by atoms with Crippen LogP contribution < -0.4 is 0 Å². The molecule has 0 aliphatic heterocycles. The molecule has 5 heteroatoms. The van der Waals surface area contributed by atoms with Gasteiger partial charge >= 0.3 is 0 Å². The minimum atomic E-state index is -0.351. The molecule has 0 saturated carbocycles. The Hall–Kier alpha value is -0.940. The van der Waals surface area contributed by atoms with Gasteiger partial charge in [0.25, 0.3) is 5.69 Å². The number of hydrogen-bond acceptors (Lipinski definition) is 3. The van der Waals surface area contributed by atoms with Crippen LogP contribution in [0, 0.1) is 16.0 Å². The molecule has 1 aromatic rings. The molecule has 0 spiro atoms. The minimum Gasteiger partial charge on any atom is -0.296 e. The zero-order valence-electron chi connectivity index (χ0n) is 11.9. The molecule has 106 valence electrons. The van der Waals surface area contributed by atoms with Crippen molar-refractivity contribution in [1.29, 1.82) is 0 Å². The highest BCUT2D eigenvalue weighted by Crippen LogP contribution is 2.26. The molecule has 4 nitrogen and oxygen atoms in total. The van der Waals surface area contributed by atoms with E-state index in [-0.39, 0.29) is 10.6 Å². The van der Waals surface area contributed by atoms with E-state index in [0.717, 1.165) is 18.7 Å². The first-order valence-electron chi connectivity index (χ1n) is 6.48. The van der Waals surface area contributed by atoms with E-state index < -0.39 is 0 Å². The summed E-state index contributed by atoms with van der Waals surface area (Å²) >= 11 is 3.21. The highest BCUT2D eigenvalue weighted by molar-refractivity contribution is 9.10. The Morgan fingerprint density at radius 2 is 1.95 bits per heavy atom. The van der Waals surface area contributed by atoms with Crippen molar-refractivity contribution in [1.82, 2.24) is 4.90 Å². The summed E-state index contributed by atoms with van der Waals surface area (Å²) in [4.78, 5) is 12.9. The molecule has 0 N–H and O–H groups in total. The second kappa shape index (κ2) is 7.01. The molecule has 0 fully saturated rings. The van der Waals surface area contributed by atoms with Gasteiger partial charge in [0.2, 0.25) is 0 Å². The quantitative estimate of drug-likeness (QED) is 0.580. The van der Waals surface area contributed by atoms with Crippen LogP contribution in [0.2, 0.25) is 0 Å². The van der Waals surface area contributed by atoms with Crippen molar-refractivity contribution < 1.29 is 4.92 Å². The topological polar surface area (TPSA) is 46.4 Å². The third-order valence-electron chi connectivity index (χ3n) is 2.92. The minimum absolute atomic E-state index is 0.130. The average molecular weight is 329 g/mol. The Balaban J connectivity index is 2.90. The fourth-order valence-electron chi connectivity index (χ4n) is 1.96. The summed E-state index contributed by atoms with van der Waals surface area (Å²) in [7, 11) is 0. The predicted octanol–water partition coefficient (Wildman–Crippen LogP) is 4.22. The van der Waals surface area contributed by atoms with E-state index >= 15 is 0 Å². The van der Waals surface area contributed by atoms with Crippen LogP contribution in [-0.2, 0) is 6.54 Å². The molecule has 0 aromatic heterocycles. The maximum Gasteiger partial charge on any atom is 0.283 e. The van der Waals surface area contributed by atoms with Gasteiger partial charge in [-0.1, -0.05) is 19.9 Å². The van der Waals surface area contributed by atoms with Gasteiger partial charge in [0.15, 0.2) is 0 Å². The number of nitro benzene ring substituents is 1. The monoisotopic (exact) mass is 328 g/mol. The van der Waals surface area contributed by atoms with E-state index in [2.05, 4.69) is 48.5 Å². The van der Waals surface area contributed by atoms with Crippen molar-refractivity contribution in [2.24, 2.45) is 5.92 Å². The van der Waals surface area contributed by atoms with Crippen LogP contribution >= 0.6 is 15.9 Å². The predicted molar refractivity (Wildman–Crippen MR) is 81.2 cm³/mol. The normalized spacial score (nSPS) is 11.6. The highest BCUT2D eigenvalue weighted by atomic mass is 79.9. The van der Waals surface area contributed by atoms with Crippen LogP contribution in [0.25, 0.3) is 0 Å². The zero-order valence-corrected chi connectivity index (χ0v) is 13.5. The lowest BCUT2D eigenvalue weighted by atomic mass is 10.1. The first-order valence-corrected chi connectivity index (χ1v) is 7.27. The van der Waals surface area contributed by atoms with Gasteiger partial charge in [-0.2, -0.15) is 0 Å². The molecule has 1 aromatic carbocycles. The fourth-order valence-corrected chi connectivity index (χ4v) is 2.35. The maximum atomic E-state index is 10.9. The van der Waals surface area contributed by atoms with Crippen LogP contribution in [0.4, 0.5) is 5.69 Å². The molecule has 19 heavy (non-hydrogen) atoms. The summed E-state index contributed by atoms with van der Waals surface area (Å²) in [5.74, 6) is 0.577. The van der Waals surface area contributed by atoms with Crippen molar-refractivity contribution in [2.75, 3.05) is 6.54 Å². The van der Waals surface area contributed by atoms with Crippen molar-refractivity contribution >= 4 is 21.6 Å². The molecule has 0 aliphatic carbocycles. The number of nitro groups is 1. The first-order chi connectivity index (χ1) is 8.81. The Kier molecular flexibility index (Phi) is 5.94. The zero-order chi connectivity index (χ0) is 14.6. The van der Waals surface area contributed by atoms with Crippen LogP contribution in [0.15, 0.2) is 22.7 Å². The molecule has 1 rings (SSSR count). The fraction of sp³-hybridized carbons (Fsp3) is 0.571. The van der Waals surface area contributed by atoms with Gasteiger partial charge in [0.1, 0.15) is 0 Å². The third-order valence-corrected chi connectivity index (χ3v) is 3.59. The molecule has 0 amide bonds.